The second-order valence-electron chi connectivity index (χ2n) is 6.43. The number of methoxy groups -OCH3 is 2. The van der Waals surface area contributed by atoms with E-state index in [1.54, 1.807) is 51.5 Å². The molecule has 152 valence electrons. The van der Waals surface area contributed by atoms with Crippen LogP contribution >= 0.6 is 11.3 Å². The van der Waals surface area contributed by atoms with E-state index in [1.165, 1.54) is 23.5 Å². The summed E-state index contributed by atoms with van der Waals surface area (Å²) < 4.78 is 24.1. The minimum Gasteiger partial charge on any atom is -0.497 e. The molecule has 1 amide bonds. The summed E-state index contributed by atoms with van der Waals surface area (Å²) in [7, 11) is 3.13. The van der Waals surface area contributed by atoms with Gasteiger partial charge in [-0.05, 0) is 43.3 Å². The molecule has 0 saturated heterocycles. The van der Waals surface area contributed by atoms with Crippen LogP contribution in [-0.2, 0) is 0 Å². The molecule has 0 unspecified atom stereocenters. The van der Waals surface area contributed by atoms with Crippen LogP contribution in [0.4, 0.5) is 9.52 Å². The average Bonchev–Trinajstić information content (AvgIpc) is 3.21. The number of amides is 1. The summed E-state index contributed by atoms with van der Waals surface area (Å²) in [5.41, 5.74) is 2.25. The molecule has 0 saturated carbocycles. The summed E-state index contributed by atoms with van der Waals surface area (Å²) >= 11 is 1.21. The van der Waals surface area contributed by atoms with E-state index >= 15 is 0 Å². The molecule has 2 aromatic heterocycles. The fraction of sp³-hybridized carbons (Fsp3) is 0.143. The molecule has 9 heteroatoms. The lowest BCUT2D eigenvalue weighted by atomic mass is 10.1. The lowest BCUT2D eigenvalue weighted by Crippen LogP contribution is -2.14. The Kier molecular flexibility index (Phi) is 5.28. The first-order valence-corrected chi connectivity index (χ1v) is 9.73. The highest BCUT2D eigenvalue weighted by atomic mass is 32.1. The number of rotatable bonds is 5. The van der Waals surface area contributed by atoms with E-state index in [0.29, 0.717) is 43.8 Å². The Hall–Kier alpha value is -3.59. The van der Waals surface area contributed by atoms with E-state index in [9.17, 15) is 9.18 Å². The van der Waals surface area contributed by atoms with Crippen LogP contribution in [0.15, 0.2) is 42.5 Å². The normalized spacial score (nSPS) is 10.8. The highest BCUT2D eigenvalue weighted by Crippen LogP contribution is 2.33. The van der Waals surface area contributed by atoms with Crippen molar-refractivity contribution in [1.29, 1.82) is 0 Å². The lowest BCUT2D eigenvalue weighted by molar-refractivity contribution is 0.102. The van der Waals surface area contributed by atoms with Crippen LogP contribution in [0.2, 0.25) is 0 Å². The Bertz CT molecular complexity index is 1240. The molecule has 0 radical (unpaired) electrons. The van der Waals surface area contributed by atoms with Gasteiger partial charge < -0.3 is 9.47 Å². The predicted octanol–water partition coefficient (Wildman–Crippen LogP) is 4.47. The highest BCUT2D eigenvalue weighted by Gasteiger charge is 2.16. The van der Waals surface area contributed by atoms with Crippen molar-refractivity contribution in [2.24, 2.45) is 0 Å². The molecule has 0 bridgehead atoms. The number of carbonyl (C=O) groups excluding carboxylic acids is 1. The monoisotopic (exact) mass is 424 g/mol. The van der Waals surface area contributed by atoms with Gasteiger partial charge in [-0.1, -0.05) is 11.3 Å². The number of anilines is 1. The molecule has 0 aliphatic rings. The molecule has 7 nitrogen and oxygen atoms in total. The van der Waals surface area contributed by atoms with Crippen molar-refractivity contribution in [3.8, 4) is 22.1 Å². The van der Waals surface area contributed by atoms with E-state index in [4.69, 9.17) is 9.47 Å². The van der Waals surface area contributed by atoms with Gasteiger partial charge >= 0.3 is 0 Å². The molecule has 4 rings (SSSR count). The number of ether oxygens (including phenoxy) is 2. The van der Waals surface area contributed by atoms with Crippen LogP contribution in [0.25, 0.3) is 21.5 Å². The van der Waals surface area contributed by atoms with Crippen molar-refractivity contribution in [3.05, 3.63) is 59.5 Å². The molecule has 2 heterocycles. The van der Waals surface area contributed by atoms with Crippen LogP contribution in [0.3, 0.4) is 0 Å². The highest BCUT2D eigenvalue weighted by molar-refractivity contribution is 7.18. The Labute approximate surface area is 175 Å². The number of fused-ring (bicyclic) bond motifs is 1. The molecule has 4 aromatic rings. The van der Waals surface area contributed by atoms with Gasteiger partial charge in [-0.3, -0.25) is 15.1 Å². The Morgan fingerprint density at radius 2 is 1.77 bits per heavy atom. The average molecular weight is 424 g/mol. The van der Waals surface area contributed by atoms with Crippen LogP contribution in [0.5, 0.6) is 11.5 Å². The van der Waals surface area contributed by atoms with Crippen molar-refractivity contribution >= 4 is 33.3 Å². The topological polar surface area (TPSA) is 86.2 Å². The number of pyridine rings is 1. The van der Waals surface area contributed by atoms with E-state index in [-0.39, 0.29) is 5.82 Å². The Morgan fingerprint density at radius 1 is 1.03 bits per heavy atom. The lowest BCUT2D eigenvalue weighted by Gasteiger charge is -2.07. The molecule has 0 atom stereocenters. The number of aromatic nitrogens is 3. The van der Waals surface area contributed by atoms with Gasteiger partial charge in [0.1, 0.15) is 22.3 Å². The maximum Gasteiger partial charge on any atom is 0.259 e. The molecule has 1 N–H and O–H groups in total. The summed E-state index contributed by atoms with van der Waals surface area (Å²) in [4.78, 5) is 17.1. The first-order chi connectivity index (χ1) is 14.5. The van der Waals surface area contributed by atoms with E-state index in [2.05, 4.69) is 20.5 Å². The van der Waals surface area contributed by atoms with Crippen LogP contribution in [0, 0.1) is 12.7 Å². The number of halogens is 1. The van der Waals surface area contributed by atoms with Gasteiger partial charge in [0, 0.05) is 17.0 Å². The second-order valence-corrected chi connectivity index (χ2v) is 7.40. The van der Waals surface area contributed by atoms with Crippen molar-refractivity contribution in [1.82, 2.24) is 15.2 Å². The number of hydrogen-bond donors (Lipinski definition) is 1. The molecular weight excluding hydrogens is 407 g/mol. The smallest absolute Gasteiger partial charge is 0.259 e. The fourth-order valence-electron chi connectivity index (χ4n) is 2.96. The first-order valence-electron chi connectivity index (χ1n) is 8.92. The van der Waals surface area contributed by atoms with Gasteiger partial charge in [0.15, 0.2) is 0 Å². The summed E-state index contributed by atoms with van der Waals surface area (Å²) in [5.74, 6) is 0.463. The molecule has 0 fully saturated rings. The van der Waals surface area contributed by atoms with Gasteiger partial charge in [0.2, 0.25) is 5.13 Å². The molecular formula is C21H17FN4O3S. The number of nitrogens with zero attached hydrogens (tertiary/aromatic N) is 3. The molecule has 0 aliphatic heterocycles. The minimum absolute atomic E-state index is 0.329. The Balaban J connectivity index is 1.60. The van der Waals surface area contributed by atoms with Crippen molar-refractivity contribution in [3.63, 3.8) is 0 Å². The zero-order valence-corrected chi connectivity index (χ0v) is 17.2. The van der Waals surface area contributed by atoms with Crippen LogP contribution in [-0.4, -0.2) is 35.3 Å². The van der Waals surface area contributed by atoms with Crippen molar-refractivity contribution < 1.29 is 18.7 Å². The van der Waals surface area contributed by atoms with Gasteiger partial charge in [-0.2, -0.15) is 0 Å². The van der Waals surface area contributed by atoms with E-state index in [1.807, 2.05) is 0 Å². The third-order valence-corrected chi connectivity index (χ3v) is 5.34. The largest absolute Gasteiger partial charge is 0.497 e. The van der Waals surface area contributed by atoms with Gasteiger partial charge in [-0.15, -0.1) is 10.2 Å². The second kappa shape index (κ2) is 8.03. The van der Waals surface area contributed by atoms with Gasteiger partial charge in [0.05, 0.1) is 31.0 Å². The number of nitrogens with one attached hydrogen (secondary N) is 1. The quantitative estimate of drug-likeness (QED) is 0.509. The first kappa shape index (κ1) is 19.7. The van der Waals surface area contributed by atoms with Crippen molar-refractivity contribution in [2.75, 3.05) is 19.5 Å². The maximum absolute atomic E-state index is 13.5. The van der Waals surface area contributed by atoms with Crippen LogP contribution < -0.4 is 14.8 Å². The number of aryl methyl sites for hydroxylation is 1. The third-order valence-electron chi connectivity index (χ3n) is 4.46. The van der Waals surface area contributed by atoms with Gasteiger partial charge in [-0.25, -0.2) is 4.39 Å². The molecule has 0 aliphatic carbocycles. The SMILES string of the molecule is COc1cc(OC)cc(-c2nnc(NC(=O)c3cc4cc(F)ccc4nc3C)s2)c1. The number of hydrogen-bond acceptors (Lipinski definition) is 7. The molecule has 0 spiro atoms. The standard InChI is InChI=1S/C21H17FN4O3S/c1-11-17(9-12-6-14(22)4-5-18(12)23-11)19(27)24-21-26-25-20(30-21)13-7-15(28-2)10-16(8-13)29-3/h4-10H,1-3H3,(H,24,26,27). The number of carbonyl (C=O) groups is 1. The minimum atomic E-state index is -0.392. The zero-order valence-electron chi connectivity index (χ0n) is 16.4. The van der Waals surface area contributed by atoms with Crippen LogP contribution in [0.1, 0.15) is 16.1 Å². The fourth-order valence-corrected chi connectivity index (χ4v) is 3.69. The van der Waals surface area contributed by atoms with Gasteiger partial charge in [0.25, 0.3) is 5.91 Å². The summed E-state index contributed by atoms with van der Waals surface area (Å²) in [6, 6.07) is 11.2. The number of benzene rings is 2. The van der Waals surface area contributed by atoms with E-state index in [0.717, 1.165) is 5.56 Å². The van der Waals surface area contributed by atoms with Crippen molar-refractivity contribution in [2.45, 2.75) is 6.92 Å². The molecule has 2 aromatic carbocycles. The Morgan fingerprint density at radius 3 is 2.47 bits per heavy atom. The third kappa shape index (κ3) is 3.92. The summed E-state index contributed by atoms with van der Waals surface area (Å²) in [6.07, 6.45) is 0. The summed E-state index contributed by atoms with van der Waals surface area (Å²) in [6.45, 7) is 1.73. The predicted molar refractivity (Wildman–Crippen MR) is 113 cm³/mol. The zero-order chi connectivity index (χ0) is 21.3. The van der Waals surface area contributed by atoms with E-state index < -0.39 is 5.91 Å². The molecule has 30 heavy (non-hydrogen) atoms. The summed E-state index contributed by atoms with van der Waals surface area (Å²) in [5, 5.41) is 12.4. The maximum atomic E-state index is 13.5.